The van der Waals surface area contributed by atoms with Gasteiger partial charge in [-0.2, -0.15) is 0 Å². The highest BCUT2D eigenvalue weighted by Gasteiger charge is 2.36. The van der Waals surface area contributed by atoms with Crippen molar-refractivity contribution in [1.29, 1.82) is 0 Å². The van der Waals surface area contributed by atoms with E-state index in [1.165, 1.54) is 13.8 Å². The van der Waals surface area contributed by atoms with Crippen molar-refractivity contribution in [2.45, 2.75) is 20.3 Å². The van der Waals surface area contributed by atoms with Crippen LogP contribution < -0.4 is 10.6 Å². The number of anilines is 1. The van der Waals surface area contributed by atoms with Crippen molar-refractivity contribution >= 4 is 28.4 Å². The molecule has 3 rings (SSSR count). The first-order chi connectivity index (χ1) is 13.3. The molecule has 28 heavy (non-hydrogen) atoms. The number of carbonyl (C=O) groups is 2. The van der Waals surface area contributed by atoms with Crippen molar-refractivity contribution in [2.75, 3.05) is 11.9 Å². The zero-order chi connectivity index (χ0) is 20.3. The average molecular weight is 385 g/mol. The first-order valence-electron chi connectivity index (χ1n) is 8.89. The molecule has 0 radical (unpaired) electrons. The second-order valence-corrected chi connectivity index (χ2v) is 7.07. The number of hydrogen-bond acceptors (Lipinski definition) is 2. The molecule has 5 nitrogen and oxygen atoms in total. The highest BCUT2D eigenvalue weighted by Crippen LogP contribution is 2.22. The van der Waals surface area contributed by atoms with Crippen LogP contribution in [0.2, 0.25) is 0 Å². The molecule has 146 valence electrons. The van der Waals surface area contributed by atoms with Gasteiger partial charge < -0.3 is 15.6 Å². The zero-order valence-corrected chi connectivity index (χ0v) is 15.6. The lowest BCUT2D eigenvalue weighted by molar-refractivity contribution is -0.138. The van der Waals surface area contributed by atoms with Gasteiger partial charge in [0.15, 0.2) is 0 Å². The van der Waals surface area contributed by atoms with E-state index in [0.717, 1.165) is 28.6 Å². The Morgan fingerprint density at radius 3 is 2.57 bits per heavy atom. The maximum Gasteiger partial charge on any atom is 0.239 e. The van der Waals surface area contributed by atoms with E-state index < -0.39 is 28.9 Å². The van der Waals surface area contributed by atoms with Crippen LogP contribution >= 0.6 is 0 Å². The van der Waals surface area contributed by atoms with Gasteiger partial charge in [-0.15, -0.1) is 0 Å². The Morgan fingerprint density at radius 2 is 1.82 bits per heavy atom. The van der Waals surface area contributed by atoms with Crippen molar-refractivity contribution in [3.8, 4) is 0 Å². The van der Waals surface area contributed by atoms with Crippen LogP contribution in [0.4, 0.5) is 14.5 Å². The maximum absolute atomic E-state index is 13.7. The van der Waals surface area contributed by atoms with Gasteiger partial charge in [-0.1, -0.05) is 18.2 Å². The van der Waals surface area contributed by atoms with Crippen LogP contribution in [0.1, 0.15) is 19.4 Å². The number of benzene rings is 2. The Kier molecular flexibility index (Phi) is 5.44. The molecule has 0 saturated heterocycles. The van der Waals surface area contributed by atoms with E-state index in [1.807, 2.05) is 30.5 Å². The van der Waals surface area contributed by atoms with Crippen molar-refractivity contribution in [3.63, 3.8) is 0 Å². The highest BCUT2D eigenvalue weighted by atomic mass is 19.1. The Balaban J connectivity index is 1.59. The van der Waals surface area contributed by atoms with Gasteiger partial charge >= 0.3 is 0 Å². The van der Waals surface area contributed by atoms with Gasteiger partial charge in [0.25, 0.3) is 0 Å². The molecule has 0 spiro atoms. The lowest BCUT2D eigenvalue weighted by Crippen LogP contribution is -2.45. The normalized spacial score (nSPS) is 11.4. The Labute approximate surface area is 161 Å². The number of hydrogen-bond donors (Lipinski definition) is 3. The van der Waals surface area contributed by atoms with E-state index in [-0.39, 0.29) is 5.69 Å². The minimum Gasteiger partial charge on any atom is -0.361 e. The molecule has 7 heteroatoms. The van der Waals surface area contributed by atoms with Crippen molar-refractivity contribution < 1.29 is 18.4 Å². The van der Waals surface area contributed by atoms with E-state index in [9.17, 15) is 18.4 Å². The Hall–Kier alpha value is -3.22. The second kappa shape index (κ2) is 7.80. The standard InChI is InChI=1S/C21H21F2N3O2/c1-21(2,20(28)26-18-8-7-14(22)11-16(18)23)19(27)24-10-9-13-12-25-17-6-4-3-5-15(13)17/h3-8,11-12,25H,9-10H2,1-2H3,(H,24,27)(H,26,28). The molecular formula is C21H21F2N3O2. The molecule has 1 aromatic heterocycles. The molecule has 0 bridgehead atoms. The van der Waals surface area contributed by atoms with Crippen LogP contribution in [0.5, 0.6) is 0 Å². The summed E-state index contributed by atoms with van der Waals surface area (Å²) < 4.78 is 26.7. The third kappa shape index (κ3) is 4.03. The van der Waals surface area contributed by atoms with E-state index in [2.05, 4.69) is 15.6 Å². The number of carbonyl (C=O) groups excluding carboxylic acids is 2. The molecule has 0 atom stereocenters. The second-order valence-electron chi connectivity index (χ2n) is 7.07. The Morgan fingerprint density at radius 1 is 1.07 bits per heavy atom. The third-order valence-electron chi connectivity index (χ3n) is 4.67. The SMILES string of the molecule is CC(C)(C(=O)NCCc1c[nH]c2ccccc12)C(=O)Nc1ccc(F)cc1F. The summed E-state index contributed by atoms with van der Waals surface area (Å²) in [6.45, 7) is 3.25. The first kappa shape index (κ1) is 19.5. The molecule has 2 aromatic carbocycles. The molecule has 1 heterocycles. The molecule has 0 unspecified atom stereocenters. The summed E-state index contributed by atoms with van der Waals surface area (Å²) in [5, 5.41) is 6.17. The predicted octanol–water partition coefficient (Wildman–Crippen LogP) is 3.77. The monoisotopic (exact) mass is 385 g/mol. The van der Waals surface area contributed by atoms with Crippen LogP contribution in [0.3, 0.4) is 0 Å². The third-order valence-corrected chi connectivity index (χ3v) is 4.67. The van der Waals surface area contributed by atoms with E-state index in [1.54, 1.807) is 0 Å². The first-order valence-corrected chi connectivity index (χ1v) is 8.89. The fraction of sp³-hybridized carbons (Fsp3) is 0.238. The largest absolute Gasteiger partial charge is 0.361 e. The molecule has 3 aromatic rings. The number of halogens is 2. The van der Waals surface area contributed by atoms with Crippen LogP contribution in [0.15, 0.2) is 48.7 Å². The average Bonchev–Trinajstić information content (AvgIpc) is 3.07. The summed E-state index contributed by atoms with van der Waals surface area (Å²) in [4.78, 5) is 28.1. The van der Waals surface area contributed by atoms with Gasteiger partial charge in [0.05, 0.1) is 5.69 Å². The molecular weight excluding hydrogens is 364 g/mol. The maximum atomic E-state index is 13.7. The van der Waals surface area contributed by atoms with Gasteiger partial charge in [0, 0.05) is 29.7 Å². The number of aromatic amines is 1. The van der Waals surface area contributed by atoms with Crippen LogP contribution in [-0.2, 0) is 16.0 Å². The minimum atomic E-state index is -1.43. The number of nitrogens with one attached hydrogen (secondary N) is 3. The van der Waals surface area contributed by atoms with E-state index >= 15 is 0 Å². The number of aromatic nitrogens is 1. The number of fused-ring (bicyclic) bond motifs is 1. The Bertz CT molecular complexity index is 1030. The molecule has 0 aliphatic carbocycles. The lowest BCUT2D eigenvalue weighted by atomic mass is 9.90. The van der Waals surface area contributed by atoms with Crippen molar-refractivity contribution in [2.24, 2.45) is 5.41 Å². The van der Waals surface area contributed by atoms with E-state index in [4.69, 9.17) is 0 Å². The van der Waals surface area contributed by atoms with Gasteiger partial charge in [-0.25, -0.2) is 8.78 Å². The van der Waals surface area contributed by atoms with Gasteiger partial charge in [-0.3, -0.25) is 9.59 Å². The summed E-state index contributed by atoms with van der Waals surface area (Å²) in [6.07, 6.45) is 2.49. The summed E-state index contributed by atoms with van der Waals surface area (Å²) in [5.41, 5.74) is 0.476. The number of amides is 2. The lowest BCUT2D eigenvalue weighted by Gasteiger charge is -2.23. The van der Waals surface area contributed by atoms with Crippen LogP contribution in [0.25, 0.3) is 10.9 Å². The number of rotatable bonds is 6. The van der Waals surface area contributed by atoms with Crippen molar-refractivity contribution in [1.82, 2.24) is 10.3 Å². The fourth-order valence-electron chi connectivity index (χ4n) is 2.84. The molecule has 0 aliphatic rings. The summed E-state index contributed by atoms with van der Waals surface area (Å²) in [6, 6.07) is 10.7. The molecule has 2 amide bonds. The number of H-pyrrole nitrogens is 1. The summed E-state index contributed by atoms with van der Waals surface area (Å²) in [7, 11) is 0. The fourth-order valence-corrected chi connectivity index (χ4v) is 2.84. The highest BCUT2D eigenvalue weighted by molar-refractivity contribution is 6.09. The smallest absolute Gasteiger partial charge is 0.239 e. The zero-order valence-electron chi connectivity index (χ0n) is 15.6. The molecule has 0 fully saturated rings. The summed E-state index contributed by atoms with van der Waals surface area (Å²) in [5.74, 6) is -2.80. The van der Waals surface area contributed by atoms with Crippen molar-refractivity contribution in [3.05, 3.63) is 65.9 Å². The topological polar surface area (TPSA) is 74.0 Å². The molecule has 0 aliphatic heterocycles. The molecule has 0 saturated carbocycles. The number of para-hydroxylation sites is 1. The van der Waals surface area contributed by atoms with Gasteiger partial charge in [0.2, 0.25) is 11.8 Å². The molecule has 3 N–H and O–H groups in total. The van der Waals surface area contributed by atoms with Crippen LogP contribution in [0, 0.1) is 17.0 Å². The van der Waals surface area contributed by atoms with Crippen LogP contribution in [-0.4, -0.2) is 23.3 Å². The van der Waals surface area contributed by atoms with Gasteiger partial charge in [-0.05, 0) is 44.0 Å². The summed E-state index contributed by atoms with van der Waals surface area (Å²) >= 11 is 0. The van der Waals surface area contributed by atoms with Gasteiger partial charge in [0.1, 0.15) is 17.0 Å². The quantitative estimate of drug-likeness (QED) is 0.565. The minimum absolute atomic E-state index is 0.175. The predicted molar refractivity (Wildman–Crippen MR) is 104 cm³/mol. The van der Waals surface area contributed by atoms with E-state index in [0.29, 0.717) is 19.0 Å².